The molecule has 2 aromatic rings. The molecule has 1 aromatic heterocycles. The van der Waals surface area contributed by atoms with E-state index >= 15 is 0 Å². The topological polar surface area (TPSA) is 60.2 Å². The molecule has 2 heterocycles. The molecule has 1 unspecified atom stereocenters. The van der Waals surface area contributed by atoms with Gasteiger partial charge in [0, 0.05) is 32.3 Å². The minimum Gasteiger partial charge on any atom is -0.354 e. The largest absolute Gasteiger partial charge is 0.354 e. The summed E-state index contributed by atoms with van der Waals surface area (Å²) in [6, 6.07) is 11.9. The first-order chi connectivity index (χ1) is 13.0. The molecule has 0 aliphatic carbocycles. The van der Waals surface area contributed by atoms with Crippen molar-refractivity contribution < 1.29 is 9.18 Å². The maximum atomic E-state index is 13.2. The average molecular weight is 366 g/mol. The minimum absolute atomic E-state index is 0.00223. The number of carbonyl (C=O) groups is 1. The van der Waals surface area contributed by atoms with Crippen molar-refractivity contribution in [3.05, 3.63) is 59.5 Å². The van der Waals surface area contributed by atoms with Crippen LogP contribution in [-0.4, -0.2) is 34.9 Å². The smallest absolute Gasteiger partial charge is 0.224 e. The van der Waals surface area contributed by atoms with Gasteiger partial charge in [0.15, 0.2) is 0 Å². The molecular weight excluding hydrogens is 343 g/mol. The molecule has 0 radical (unpaired) electrons. The molecule has 1 saturated heterocycles. The van der Waals surface area contributed by atoms with Gasteiger partial charge in [-0.15, -0.1) is 0 Å². The quantitative estimate of drug-likeness (QED) is 0.833. The van der Waals surface area contributed by atoms with Crippen molar-refractivity contribution in [1.29, 1.82) is 5.26 Å². The third kappa shape index (κ3) is 4.43. The molecule has 27 heavy (non-hydrogen) atoms. The molecule has 1 atom stereocenters. The van der Waals surface area contributed by atoms with E-state index in [0.29, 0.717) is 31.6 Å². The van der Waals surface area contributed by atoms with Crippen LogP contribution in [0.2, 0.25) is 0 Å². The van der Waals surface area contributed by atoms with Crippen molar-refractivity contribution in [2.45, 2.75) is 32.9 Å². The van der Waals surface area contributed by atoms with Crippen molar-refractivity contribution in [2.24, 2.45) is 5.92 Å². The van der Waals surface area contributed by atoms with Crippen LogP contribution in [0, 0.1) is 23.1 Å². The summed E-state index contributed by atoms with van der Waals surface area (Å²) >= 11 is 0. The van der Waals surface area contributed by atoms with E-state index in [0.717, 1.165) is 11.4 Å². The number of anilines is 1. The Morgan fingerprint density at radius 3 is 2.70 bits per heavy atom. The number of carbonyl (C=O) groups excluding carboxylic acids is 1. The minimum atomic E-state index is -0.282. The van der Waals surface area contributed by atoms with E-state index in [1.54, 1.807) is 30.5 Å². The molecule has 6 heteroatoms. The van der Waals surface area contributed by atoms with Gasteiger partial charge in [0.25, 0.3) is 0 Å². The zero-order chi connectivity index (χ0) is 19.4. The molecule has 140 valence electrons. The summed E-state index contributed by atoms with van der Waals surface area (Å²) in [5.74, 6) is 0.762. The van der Waals surface area contributed by atoms with Gasteiger partial charge in [-0.05, 0) is 35.7 Å². The second-order valence-corrected chi connectivity index (χ2v) is 7.17. The van der Waals surface area contributed by atoms with Crippen molar-refractivity contribution in [1.82, 2.24) is 9.88 Å². The lowest BCUT2D eigenvalue weighted by Gasteiger charge is -2.35. The Labute approximate surface area is 159 Å². The predicted octanol–water partition coefficient (Wildman–Crippen LogP) is 3.36. The molecule has 0 spiro atoms. The van der Waals surface area contributed by atoms with E-state index in [1.807, 2.05) is 4.90 Å². The monoisotopic (exact) mass is 366 g/mol. The fourth-order valence-electron chi connectivity index (χ4n) is 3.41. The molecule has 1 aromatic carbocycles. The lowest BCUT2D eigenvalue weighted by molar-refractivity contribution is -0.134. The molecule has 1 aliphatic rings. The van der Waals surface area contributed by atoms with Crippen molar-refractivity contribution in [3.63, 3.8) is 0 Å². The van der Waals surface area contributed by atoms with E-state index in [9.17, 15) is 9.18 Å². The normalized spacial score (nSPS) is 17.7. The Kier molecular flexibility index (Phi) is 5.70. The predicted molar refractivity (Wildman–Crippen MR) is 101 cm³/mol. The van der Waals surface area contributed by atoms with Gasteiger partial charge in [-0.3, -0.25) is 4.79 Å². The van der Waals surface area contributed by atoms with Gasteiger partial charge in [-0.2, -0.15) is 5.26 Å². The van der Waals surface area contributed by atoms with Gasteiger partial charge in [-0.1, -0.05) is 26.0 Å². The molecule has 1 amide bonds. The summed E-state index contributed by atoms with van der Waals surface area (Å²) in [6.45, 7) is 5.86. The van der Waals surface area contributed by atoms with E-state index in [4.69, 9.17) is 5.26 Å². The summed E-state index contributed by atoms with van der Waals surface area (Å²) in [7, 11) is 0. The third-order valence-electron chi connectivity index (χ3n) is 4.96. The van der Waals surface area contributed by atoms with Gasteiger partial charge in [0.2, 0.25) is 5.91 Å². The summed E-state index contributed by atoms with van der Waals surface area (Å²) in [5.41, 5.74) is 1.47. The van der Waals surface area contributed by atoms with Gasteiger partial charge >= 0.3 is 0 Å². The summed E-state index contributed by atoms with van der Waals surface area (Å²) in [4.78, 5) is 21.2. The molecule has 1 aliphatic heterocycles. The highest BCUT2D eigenvalue weighted by Gasteiger charge is 2.32. The van der Waals surface area contributed by atoms with Gasteiger partial charge in [0.05, 0.1) is 17.7 Å². The van der Waals surface area contributed by atoms with Crippen LogP contribution >= 0.6 is 0 Å². The lowest BCUT2D eigenvalue weighted by Crippen LogP contribution is -2.46. The Morgan fingerprint density at radius 1 is 1.30 bits per heavy atom. The van der Waals surface area contributed by atoms with E-state index in [1.165, 1.54) is 12.1 Å². The number of nitrogens with zero attached hydrogens (tertiary/aromatic N) is 4. The first-order valence-corrected chi connectivity index (χ1v) is 9.13. The zero-order valence-corrected chi connectivity index (χ0v) is 15.6. The third-order valence-corrected chi connectivity index (χ3v) is 4.96. The van der Waals surface area contributed by atoms with E-state index in [2.05, 4.69) is 29.8 Å². The average Bonchev–Trinajstić information content (AvgIpc) is 2.83. The Balaban J connectivity index is 1.86. The van der Waals surface area contributed by atoms with Crippen molar-refractivity contribution >= 4 is 11.7 Å². The molecular formula is C21H23FN4O. The first-order valence-electron chi connectivity index (χ1n) is 9.13. The maximum absolute atomic E-state index is 13.2. The highest BCUT2D eigenvalue weighted by molar-refractivity contribution is 5.78. The number of nitriles is 1. The highest BCUT2D eigenvalue weighted by Crippen LogP contribution is 2.24. The molecule has 3 rings (SSSR count). The van der Waals surface area contributed by atoms with Crippen LogP contribution in [0.1, 0.15) is 31.4 Å². The van der Waals surface area contributed by atoms with E-state index in [-0.39, 0.29) is 23.7 Å². The number of rotatable bonds is 4. The summed E-state index contributed by atoms with van der Waals surface area (Å²) < 4.78 is 13.2. The SMILES string of the molecule is CC(C)C1CN(c2cc(C#N)ccn2)CCC(=O)N1Cc1ccc(F)cc1. The lowest BCUT2D eigenvalue weighted by atomic mass is 10.0. The van der Waals surface area contributed by atoms with Crippen LogP contribution in [0.15, 0.2) is 42.6 Å². The molecule has 0 N–H and O–H groups in total. The van der Waals surface area contributed by atoms with Crippen molar-refractivity contribution in [3.8, 4) is 6.07 Å². The van der Waals surface area contributed by atoms with Gasteiger partial charge in [0.1, 0.15) is 11.6 Å². The first kappa shape index (κ1) is 18.8. The van der Waals surface area contributed by atoms with Crippen LogP contribution in [-0.2, 0) is 11.3 Å². The number of hydrogen-bond acceptors (Lipinski definition) is 4. The summed E-state index contributed by atoms with van der Waals surface area (Å²) in [6.07, 6.45) is 2.00. The van der Waals surface area contributed by atoms with Gasteiger partial charge in [-0.25, -0.2) is 9.37 Å². The Hall–Kier alpha value is -2.94. The zero-order valence-electron chi connectivity index (χ0n) is 15.6. The fraction of sp³-hybridized carbons (Fsp3) is 0.381. The number of aromatic nitrogens is 1. The number of benzene rings is 1. The maximum Gasteiger partial charge on any atom is 0.224 e. The standard InChI is InChI=1S/C21H23FN4O/c1-15(2)19-14-25(20-11-17(12-23)7-9-24-20)10-8-21(27)26(19)13-16-3-5-18(22)6-4-16/h3-7,9,11,15,19H,8,10,13-14H2,1-2H3. The number of amides is 1. The molecule has 0 bridgehead atoms. The second kappa shape index (κ2) is 8.17. The van der Waals surface area contributed by atoms with Crippen LogP contribution in [0.3, 0.4) is 0 Å². The Morgan fingerprint density at radius 2 is 2.04 bits per heavy atom. The van der Waals surface area contributed by atoms with Crippen LogP contribution in [0.5, 0.6) is 0 Å². The fourth-order valence-corrected chi connectivity index (χ4v) is 3.41. The number of pyridine rings is 1. The van der Waals surface area contributed by atoms with Crippen LogP contribution in [0.25, 0.3) is 0 Å². The van der Waals surface area contributed by atoms with Crippen LogP contribution < -0.4 is 4.90 Å². The Bertz CT molecular complexity index is 844. The van der Waals surface area contributed by atoms with Gasteiger partial charge < -0.3 is 9.80 Å². The highest BCUT2D eigenvalue weighted by atomic mass is 19.1. The molecule has 1 fully saturated rings. The van der Waals surface area contributed by atoms with Crippen LogP contribution in [0.4, 0.5) is 10.2 Å². The second-order valence-electron chi connectivity index (χ2n) is 7.17. The van der Waals surface area contributed by atoms with E-state index < -0.39 is 0 Å². The number of hydrogen-bond donors (Lipinski definition) is 0. The van der Waals surface area contributed by atoms with Crippen molar-refractivity contribution in [2.75, 3.05) is 18.0 Å². The molecule has 5 nitrogen and oxygen atoms in total. The summed E-state index contributed by atoms with van der Waals surface area (Å²) in [5, 5.41) is 9.14. The molecule has 0 saturated carbocycles. The number of halogens is 1.